The van der Waals surface area contributed by atoms with Crippen LogP contribution in [0.2, 0.25) is 0 Å². The number of amides is 2. The Bertz CT molecular complexity index is 836. The zero-order chi connectivity index (χ0) is 19.4. The molecule has 0 spiro atoms. The molecule has 2 N–H and O–H groups in total. The van der Waals surface area contributed by atoms with Crippen molar-refractivity contribution in [2.24, 2.45) is 11.8 Å². The van der Waals surface area contributed by atoms with Crippen LogP contribution >= 0.6 is 0 Å². The number of carbonyl (C=O) groups is 2. The normalized spacial score (nSPS) is 19.4. The summed E-state index contributed by atoms with van der Waals surface area (Å²) in [5, 5.41) is 6.11. The van der Waals surface area contributed by atoms with Crippen LogP contribution in [-0.2, 0) is 9.59 Å². The van der Waals surface area contributed by atoms with Crippen molar-refractivity contribution in [3.05, 3.63) is 59.2 Å². The van der Waals surface area contributed by atoms with Gasteiger partial charge in [0.2, 0.25) is 11.8 Å². The molecule has 0 bridgehead atoms. The van der Waals surface area contributed by atoms with Gasteiger partial charge in [0.15, 0.2) is 0 Å². The molecule has 1 saturated carbocycles. The fourth-order valence-electron chi connectivity index (χ4n) is 3.67. The lowest BCUT2D eigenvalue weighted by Crippen LogP contribution is -2.32. The maximum absolute atomic E-state index is 12.6. The Kier molecular flexibility index (Phi) is 5.94. The van der Waals surface area contributed by atoms with Gasteiger partial charge in [0, 0.05) is 23.2 Å². The topological polar surface area (TPSA) is 58.2 Å². The zero-order valence-corrected chi connectivity index (χ0v) is 16.3. The second kappa shape index (κ2) is 8.38. The van der Waals surface area contributed by atoms with Gasteiger partial charge in [0.1, 0.15) is 0 Å². The first kappa shape index (κ1) is 19.2. The van der Waals surface area contributed by atoms with Crippen molar-refractivity contribution in [1.29, 1.82) is 0 Å². The van der Waals surface area contributed by atoms with Gasteiger partial charge in [-0.3, -0.25) is 9.59 Å². The molecule has 0 aliphatic heterocycles. The van der Waals surface area contributed by atoms with Crippen molar-refractivity contribution in [2.45, 2.75) is 46.5 Å². The number of benzene rings is 2. The molecule has 27 heavy (non-hydrogen) atoms. The quantitative estimate of drug-likeness (QED) is 0.802. The number of carbonyl (C=O) groups excluding carboxylic acids is 2. The summed E-state index contributed by atoms with van der Waals surface area (Å²) >= 11 is 0. The van der Waals surface area contributed by atoms with Crippen LogP contribution in [0.3, 0.4) is 0 Å². The van der Waals surface area contributed by atoms with E-state index in [9.17, 15) is 9.59 Å². The first-order chi connectivity index (χ1) is 12.9. The highest BCUT2D eigenvalue weighted by molar-refractivity contribution is 5.95. The molecule has 2 aromatic rings. The number of anilines is 2. The molecule has 0 unspecified atom stereocenters. The van der Waals surface area contributed by atoms with Gasteiger partial charge in [-0.15, -0.1) is 0 Å². The molecule has 1 aliphatic carbocycles. The molecular weight excluding hydrogens is 336 g/mol. The number of hydrogen-bond donors (Lipinski definition) is 2. The van der Waals surface area contributed by atoms with Crippen molar-refractivity contribution < 1.29 is 9.59 Å². The van der Waals surface area contributed by atoms with E-state index >= 15 is 0 Å². The maximum Gasteiger partial charge on any atom is 0.227 e. The summed E-state index contributed by atoms with van der Waals surface area (Å²) in [4.78, 5) is 25.2. The molecular formula is C23H28N2O2. The molecule has 4 nitrogen and oxygen atoms in total. The van der Waals surface area contributed by atoms with E-state index in [0.717, 1.165) is 53.7 Å². The van der Waals surface area contributed by atoms with Gasteiger partial charge in [0.25, 0.3) is 0 Å². The van der Waals surface area contributed by atoms with Crippen LogP contribution in [0.4, 0.5) is 11.4 Å². The van der Waals surface area contributed by atoms with Gasteiger partial charge in [0.05, 0.1) is 0 Å². The van der Waals surface area contributed by atoms with E-state index in [2.05, 4.69) is 10.6 Å². The third-order valence-corrected chi connectivity index (χ3v) is 5.52. The van der Waals surface area contributed by atoms with Gasteiger partial charge >= 0.3 is 0 Å². The summed E-state index contributed by atoms with van der Waals surface area (Å²) in [6, 6.07) is 13.9. The average molecular weight is 364 g/mol. The lowest BCUT2D eigenvalue weighted by Gasteiger charge is -2.27. The highest BCUT2D eigenvalue weighted by Gasteiger charge is 2.30. The molecule has 1 fully saturated rings. The van der Waals surface area contributed by atoms with Crippen molar-refractivity contribution in [2.75, 3.05) is 10.6 Å². The number of nitrogens with one attached hydrogen (secondary N) is 2. The summed E-state index contributed by atoms with van der Waals surface area (Å²) < 4.78 is 0. The van der Waals surface area contributed by atoms with Crippen LogP contribution < -0.4 is 10.6 Å². The minimum absolute atomic E-state index is 0.0191. The van der Waals surface area contributed by atoms with Gasteiger partial charge in [-0.1, -0.05) is 30.3 Å². The maximum atomic E-state index is 12.6. The molecule has 0 aromatic heterocycles. The van der Waals surface area contributed by atoms with Crippen LogP contribution in [-0.4, -0.2) is 11.8 Å². The van der Waals surface area contributed by atoms with Gasteiger partial charge in [-0.2, -0.15) is 0 Å². The molecule has 142 valence electrons. The highest BCUT2D eigenvalue weighted by Crippen LogP contribution is 2.31. The van der Waals surface area contributed by atoms with Crippen LogP contribution in [0.25, 0.3) is 0 Å². The van der Waals surface area contributed by atoms with Gasteiger partial charge < -0.3 is 10.6 Å². The molecule has 3 rings (SSSR count). The Morgan fingerprint density at radius 3 is 1.85 bits per heavy atom. The van der Waals surface area contributed by atoms with Crippen molar-refractivity contribution >= 4 is 23.2 Å². The molecule has 0 atom stereocenters. The number of hydrogen-bond acceptors (Lipinski definition) is 2. The Morgan fingerprint density at radius 2 is 1.26 bits per heavy atom. The van der Waals surface area contributed by atoms with E-state index < -0.39 is 0 Å². The zero-order valence-electron chi connectivity index (χ0n) is 16.3. The van der Waals surface area contributed by atoms with E-state index in [1.807, 2.05) is 63.2 Å². The number of para-hydroxylation sites is 1. The van der Waals surface area contributed by atoms with E-state index in [1.54, 1.807) is 0 Å². The standard InChI is InChI=1S/C23H28N2O2/c1-15-8-9-17(3)21(14-15)25-23(27)19-12-10-18(11-13-19)22(26)24-20-7-5-4-6-16(20)2/h4-9,14,18-19H,10-13H2,1-3H3,(H,24,26)(H,25,27). The summed E-state index contributed by atoms with van der Waals surface area (Å²) in [7, 11) is 0. The fraction of sp³-hybridized carbons (Fsp3) is 0.391. The lowest BCUT2D eigenvalue weighted by molar-refractivity contribution is -0.125. The second-order valence-electron chi connectivity index (χ2n) is 7.66. The SMILES string of the molecule is Cc1ccc(C)c(NC(=O)C2CCC(C(=O)Nc3ccccc3C)CC2)c1. The van der Waals surface area contributed by atoms with Crippen molar-refractivity contribution in [3.8, 4) is 0 Å². The van der Waals surface area contributed by atoms with Crippen LogP contribution in [0.5, 0.6) is 0 Å². The summed E-state index contributed by atoms with van der Waals surface area (Å²) in [5.74, 6) is 0.0981. The van der Waals surface area contributed by atoms with Gasteiger partial charge in [-0.05, 0) is 75.3 Å². The Hall–Kier alpha value is -2.62. The van der Waals surface area contributed by atoms with Gasteiger partial charge in [-0.25, -0.2) is 0 Å². The predicted octanol–water partition coefficient (Wildman–Crippen LogP) is 5.00. The Labute approximate surface area is 161 Å². The molecule has 0 saturated heterocycles. The van der Waals surface area contributed by atoms with Crippen LogP contribution in [0.1, 0.15) is 42.4 Å². The van der Waals surface area contributed by atoms with E-state index in [1.165, 1.54) is 0 Å². The molecule has 1 aliphatic rings. The Balaban J connectivity index is 1.53. The third kappa shape index (κ3) is 4.76. The third-order valence-electron chi connectivity index (χ3n) is 5.52. The van der Waals surface area contributed by atoms with Crippen molar-refractivity contribution in [1.82, 2.24) is 0 Å². The average Bonchev–Trinajstić information content (AvgIpc) is 2.66. The molecule has 0 heterocycles. The van der Waals surface area contributed by atoms with E-state index in [4.69, 9.17) is 0 Å². The fourth-order valence-corrected chi connectivity index (χ4v) is 3.67. The molecule has 2 aromatic carbocycles. The minimum atomic E-state index is -0.0209. The number of aryl methyl sites for hydroxylation is 3. The minimum Gasteiger partial charge on any atom is -0.326 e. The molecule has 0 radical (unpaired) electrons. The first-order valence-corrected chi connectivity index (χ1v) is 9.68. The van der Waals surface area contributed by atoms with E-state index in [0.29, 0.717) is 0 Å². The van der Waals surface area contributed by atoms with Crippen molar-refractivity contribution in [3.63, 3.8) is 0 Å². The first-order valence-electron chi connectivity index (χ1n) is 9.68. The molecule has 4 heteroatoms. The lowest BCUT2D eigenvalue weighted by atomic mass is 9.81. The number of rotatable bonds is 4. The van der Waals surface area contributed by atoms with E-state index in [-0.39, 0.29) is 23.7 Å². The smallest absolute Gasteiger partial charge is 0.227 e. The second-order valence-corrected chi connectivity index (χ2v) is 7.66. The summed E-state index contributed by atoms with van der Waals surface area (Å²) in [6.45, 7) is 6.01. The Morgan fingerprint density at radius 1 is 0.741 bits per heavy atom. The molecule has 2 amide bonds. The summed E-state index contributed by atoms with van der Waals surface area (Å²) in [6.07, 6.45) is 3.01. The predicted molar refractivity (Wildman–Crippen MR) is 110 cm³/mol. The van der Waals surface area contributed by atoms with Crippen LogP contribution in [0.15, 0.2) is 42.5 Å². The summed E-state index contributed by atoms with van der Waals surface area (Å²) in [5.41, 5.74) is 5.02. The highest BCUT2D eigenvalue weighted by atomic mass is 16.2. The van der Waals surface area contributed by atoms with Crippen LogP contribution in [0, 0.1) is 32.6 Å². The largest absolute Gasteiger partial charge is 0.326 e. The monoisotopic (exact) mass is 364 g/mol.